The second kappa shape index (κ2) is 10.5. The molecule has 1 aliphatic carbocycles. The summed E-state index contributed by atoms with van der Waals surface area (Å²) in [4.78, 5) is 12.7. The maximum absolute atomic E-state index is 12.7. The molecule has 0 bridgehead atoms. The fourth-order valence-electron chi connectivity index (χ4n) is 4.19. The third-order valence-corrected chi connectivity index (χ3v) is 6.09. The summed E-state index contributed by atoms with van der Waals surface area (Å²) >= 11 is 0. The van der Waals surface area contributed by atoms with Crippen LogP contribution in [0.25, 0.3) is 0 Å². The zero-order valence-electron chi connectivity index (χ0n) is 16.9. The van der Waals surface area contributed by atoms with E-state index in [1.54, 1.807) is 0 Å². The molecule has 3 heteroatoms. The summed E-state index contributed by atoms with van der Waals surface area (Å²) < 4.78 is 11.8. The largest absolute Gasteiger partial charge is 0.377 e. The van der Waals surface area contributed by atoms with Gasteiger partial charge in [-0.15, -0.1) is 0 Å². The van der Waals surface area contributed by atoms with Gasteiger partial charge in [0.25, 0.3) is 0 Å². The average Bonchev–Trinajstić information content (AvgIpc) is 2.73. The Morgan fingerprint density at radius 2 is 1.46 bits per heavy atom. The number of ketones is 1. The highest BCUT2D eigenvalue weighted by atomic mass is 16.5. The third-order valence-electron chi connectivity index (χ3n) is 6.09. The summed E-state index contributed by atoms with van der Waals surface area (Å²) in [6, 6.07) is 20.4. The van der Waals surface area contributed by atoms with E-state index < -0.39 is 0 Å². The third kappa shape index (κ3) is 5.76. The minimum absolute atomic E-state index is 0.287. The molecule has 0 N–H and O–H groups in total. The van der Waals surface area contributed by atoms with Gasteiger partial charge in [0.1, 0.15) is 5.78 Å². The molecule has 0 saturated heterocycles. The van der Waals surface area contributed by atoms with E-state index in [-0.39, 0.29) is 5.41 Å². The van der Waals surface area contributed by atoms with E-state index in [0.717, 1.165) is 25.7 Å². The van der Waals surface area contributed by atoms with Gasteiger partial charge in [-0.25, -0.2) is 0 Å². The van der Waals surface area contributed by atoms with Gasteiger partial charge in [-0.1, -0.05) is 67.6 Å². The summed E-state index contributed by atoms with van der Waals surface area (Å²) in [7, 11) is 0. The van der Waals surface area contributed by atoms with Gasteiger partial charge in [-0.2, -0.15) is 0 Å². The quantitative estimate of drug-likeness (QED) is 0.505. The first-order valence-electron chi connectivity index (χ1n) is 10.4. The highest BCUT2D eigenvalue weighted by Gasteiger charge is 2.42. The van der Waals surface area contributed by atoms with Crippen LogP contribution in [0.4, 0.5) is 0 Å². The Bertz CT molecular complexity index is 713. The highest BCUT2D eigenvalue weighted by Crippen LogP contribution is 2.43. The zero-order valence-corrected chi connectivity index (χ0v) is 16.9. The summed E-state index contributed by atoms with van der Waals surface area (Å²) in [6.45, 7) is 4.71. The minimum atomic E-state index is -0.287. The van der Waals surface area contributed by atoms with Crippen LogP contribution >= 0.6 is 0 Å². The van der Waals surface area contributed by atoms with Crippen LogP contribution in [0.3, 0.4) is 0 Å². The molecule has 1 fully saturated rings. The molecule has 2 aromatic rings. The number of hydrogen-bond acceptors (Lipinski definition) is 3. The molecular weight excluding hydrogens is 348 g/mol. The monoisotopic (exact) mass is 380 g/mol. The Balaban J connectivity index is 1.45. The summed E-state index contributed by atoms with van der Waals surface area (Å²) in [5.41, 5.74) is 2.08. The van der Waals surface area contributed by atoms with Crippen LogP contribution < -0.4 is 0 Å². The number of hydrogen-bond donors (Lipinski definition) is 0. The molecule has 28 heavy (non-hydrogen) atoms. The molecule has 3 nitrogen and oxygen atoms in total. The molecule has 0 aliphatic heterocycles. The predicted octanol–water partition coefficient (Wildman–Crippen LogP) is 5.58. The van der Waals surface area contributed by atoms with Crippen molar-refractivity contribution in [2.24, 2.45) is 11.3 Å². The molecule has 0 amide bonds. The minimum Gasteiger partial charge on any atom is -0.377 e. The first kappa shape index (κ1) is 20.8. The molecule has 0 spiro atoms. The molecule has 2 aromatic carbocycles. The van der Waals surface area contributed by atoms with Gasteiger partial charge in [-0.3, -0.25) is 4.79 Å². The maximum atomic E-state index is 12.7. The molecule has 0 radical (unpaired) electrons. The van der Waals surface area contributed by atoms with E-state index in [2.05, 4.69) is 31.2 Å². The molecule has 3 rings (SSSR count). The van der Waals surface area contributed by atoms with E-state index in [1.807, 2.05) is 36.4 Å². The van der Waals surface area contributed by atoms with Crippen LogP contribution in [-0.2, 0) is 27.5 Å². The predicted molar refractivity (Wildman–Crippen MR) is 112 cm³/mol. The second-order valence-electron chi connectivity index (χ2n) is 8.04. The van der Waals surface area contributed by atoms with Crippen LogP contribution in [0.15, 0.2) is 60.7 Å². The van der Waals surface area contributed by atoms with Crippen molar-refractivity contribution in [1.29, 1.82) is 0 Å². The Kier molecular flexibility index (Phi) is 7.81. The van der Waals surface area contributed by atoms with Gasteiger partial charge in [0.15, 0.2) is 0 Å². The van der Waals surface area contributed by atoms with Gasteiger partial charge < -0.3 is 9.47 Å². The Morgan fingerprint density at radius 3 is 2.07 bits per heavy atom. The van der Waals surface area contributed by atoms with E-state index in [9.17, 15) is 4.79 Å². The molecule has 0 aromatic heterocycles. The van der Waals surface area contributed by atoms with Crippen molar-refractivity contribution < 1.29 is 14.3 Å². The summed E-state index contributed by atoms with van der Waals surface area (Å²) in [6.07, 6.45) is 4.55. The molecule has 1 aliphatic rings. The molecular formula is C25H32O3. The van der Waals surface area contributed by atoms with Crippen molar-refractivity contribution in [3.8, 4) is 0 Å². The van der Waals surface area contributed by atoms with Crippen molar-refractivity contribution in [2.45, 2.75) is 52.2 Å². The van der Waals surface area contributed by atoms with Crippen molar-refractivity contribution in [3.63, 3.8) is 0 Å². The highest BCUT2D eigenvalue weighted by molar-refractivity contribution is 5.85. The normalized spacial score (nSPS) is 22.3. The van der Waals surface area contributed by atoms with Gasteiger partial charge in [0.2, 0.25) is 0 Å². The van der Waals surface area contributed by atoms with Crippen molar-refractivity contribution >= 4 is 5.78 Å². The van der Waals surface area contributed by atoms with E-state index in [0.29, 0.717) is 44.5 Å². The maximum Gasteiger partial charge on any atom is 0.139 e. The van der Waals surface area contributed by atoms with Crippen molar-refractivity contribution in [2.75, 3.05) is 13.2 Å². The number of ether oxygens (including phenoxy) is 2. The lowest BCUT2D eigenvalue weighted by atomic mass is 9.64. The molecule has 0 unspecified atom stereocenters. The van der Waals surface area contributed by atoms with Gasteiger partial charge in [0.05, 0.1) is 13.2 Å². The smallest absolute Gasteiger partial charge is 0.139 e. The summed E-state index contributed by atoms with van der Waals surface area (Å²) in [5.74, 6) is 0.778. The first-order valence-corrected chi connectivity index (χ1v) is 10.4. The lowest BCUT2D eigenvalue weighted by molar-refractivity contribution is -0.136. The molecule has 150 valence electrons. The second-order valence-corrected chi connectivity index (χ2v) is 8.04. The van der Waals surface area contributed by atoms with Crippen LogP contribution in [0.2, 0.25) is 0 Å². The first-order chi connectivity index (χ1) is 13.7. The van der Waals surface area contributed by atoms with Gasteiger partial charge >= 0.3 is 0 Å². The number of benzene rings is 2. The van der Waals surface area contributed by atoms with E-state index >= 15 is 0 Å². The van der Waals surface area contributed by atoms with Crippen LogP contribution in [0.5, 0.6) is 0 Å². The zero-order chi connectivity index (χ0) is 19.7. The number of rotatable bonds is 10. The standard InChI is InChI=1S/C25H32O3/c1-25(16-18-28-20-22-11-6-3-7-12-22)23(13-8-14-24(25)26)15-17-27-19-21-9-4-2-5-10-21/h2-7,9-12,23H,8,13-20H2,1H3/t23-,25-/m1/s1. The SMILES string of the molecule is C[C@]1(CCOCc2ccccc2)C(=O)CCC[C@@H]1CCOCc1ccccc1. The van der Waals surface area contributed by atoms with Crippen LogP contribution in [0.1, 0.15) is 50.2 Å². The average molecular weight is 381 g/mol. The number of Topliss-reactive ketones (excluding diaryl/α,β-unsaturated/α-hetero) is 1. The number of carbonyl (C=O) groups excluding carboxylic acids is 1. The Labute approximate surface area is 169 Å². The topological polar surface area (TPSA) is 35.5 Å². The van der Waals surface area contributed by atoms with Crippen molar-refractivity contribution in [1.82, 2.24) is 0 Å². The van der Waals surface area contributed by atoms with Crippen LogP contribution in [-0.4, -0.2) is 19.0 Å². The Morgan fingerprint density at radius 1 is 0.893 bits per heavy atom. The van der Waals surface area contributed by atoms with E-state index in [4.69, 9.17) is 9.47 Å². The molecule has 0 heterocycles. The molecule has 1 saturated carbocycles. The van der Waals surface area contributed by atoms with Gasteiger partial charge in [0, 0.05) is 25.0 Å². The Hall–Kier alpha value is -1.97. The van der Waals surface area contributed by atoms with E-state index in [1.165, 1.54) is 11.1 Å². The lowest BCUT2D eigenvalue weighted by Crippen LogP contribution is -2.41. The van der Waals surface area contributed by atoms with Gasteiger partial charge in [-0.05, 0) is 42.7 Å². The lowest BCUT2D eigenvalue weighted by Gasteiger charge is -2.40. The number of carbonyl (C=O) groups is 1. The fourth-order valence-corrected chi connectivity index (χ4v) is 4.19. The molecule has 2 atom stereocenters. The van der Waals surface area contributed by atoms with Crippen molar-refractivity contribution in [3.05, 3.63) is 71.8 Å². The fraction of sp³-hybridized carbons (Fsp3) is 0.480. The van der Waals surface area contributed by atoms with Crippen LogP contribution in [0, 0.1) is 11.3 Å². The summed E-state index contributed by atoms with van der Waals surface area (Å²) in [5, 5.41) is 0.